The summed E-state index contributed by atoms with van der Waals surface area (Å²) < 4.78 is 5.25. The van der Waals surface area contributed by atoms with Crippen molar-refractivity contribution in [1.29, 1.82) is 0 Å². The molecule has 2 N–H and O–H groups in total. The van der Waals surface area contributed by atoms with Gasteiger partial charge in [-0.05, 0) is 60.2 Å². The number of ether oxygens (including phenoxy) is 1. The lowest BCUT2D eigenvalue weighted by molar-refractivity contribution is 0.415. The van der Waals surface area contributed by atoms with Crippen LogP contribution >= 0.6 is 11.6 Å². The molecule has 0 radical (unpaired) electrons. The monoisotopic (exact) mass is 360 g/mol. The van der Waals surface area contributed by atoms with Crippen LogP contribution in [0, 0.1) is 0 Å². The summed E-state index contributed by atoms with van der Waals surface area (Å²) in [5, 5.41) is 1.65. The first kappa shape index (κ1) is 16.4. The fourth-order valence-corrected chi connectivity index (χ4v) is 3.24. The average molecular weight is 361 g/mol. The largest absolute Gasteiger partial charge is 0.497 e. The first-order valence-electron chi connectivity index (χ1n) is 8.25. The summed E-state index contributed by atoms with van der Waals surface area (Å²) >= 11 is 6.24. The fourth-order valence-electron chi connectivity index (χ4n) is 3.07. The predicted molar refractivity (Wildman–Crippen MR) is 109 cm³/mol. The van der Waals surface area contributed by atoms with Crippen LogP contribution in [-0.4, -0.2) is 12.1 Å². The van der Waals surface area contributed by atoms with Gasteiger partial charge in [0.15, 0.2) is 0 Å². The van der Waals surface area contributed by atoms with Crippen LogP contribution in [-0.2, 0) is 0 Å². The zero-order valence-electron chi connectivity index (χ0n) is 14.2. The van der Waals surface area contributed by atoms with Crippen molar-refractivity contribution in [2.24, 2.45) is 0 Å². The summed E-state index contributed by atoms with van der Waals surface area (Å²) in [4.78, 5) is 4.82. The second-order valence-corrected chi connectivity index (χ2v) is 6.47. The molecule has 0 fully saturated rings. The molecule has 1 heterocycles. The lowest BCUT2D eigenvalue weighted by atomic mass is 9.97. The molecule has 0 saturated heterocycles. The number of hydrogen-bond acceptors (Lipinski definition) is 3. The summed E-state index contributed by atoms with van der Waals surface area (Å²) in [5.41, 5.74) is 11.7. The van der Waals surface area contributed by atoms with Gasteiger partial charge in [-0.1, -0.05) is 29.8 Å². The number of nitrogens with two attached hydrogens (primary N) is 1. The molecule has 3 aromatic carbocycles. The Morgan fingerprint density at radius 1 is 0.885 bits per heavy atom. The Balaban J connectivity index is 1.98. The number of methoxy groups -OCH3 is 1. The lowest BCUT2D eigenvalue weighted by Crippen LogP contribution is -1.94. The first-order valence-corrected chi connectivity index (χ1v) is 8.63. The molecule has 1 aromatic heterocycles. The molecule has 0 spiro atoms. The van der Waals surface area contributed by atoms with Gasteiger partial charge in [0.1, 0.15) is 5.75 Å². The van der Waals surface area contributed by atoms with E-state index in [1.54, 1.807) is 7.11 Å². The van der Waals surface area contributed by atoms with Crippen LogP contribution in [0.2, 0.25) is 5.02 Å². The van der Waals surface area contributed by atoms with E-state index in [9.17, 15) is 0 Å². The van der Waals surface area contributed by atoms with Crippen molar-refractivity contribution in [3.05, 3.63) is 77.8 Å². The minimum absolute atomic E-state index is 0.673. The van der Waals surface area contributed by atoms with Crippen LogP contribution < -0.4 is 10.5 Å². The maximum atomic E-state index is 6.24. The van der Waals surface area contributed by atoms with Crippen molar-refractivity contribution in [2.75, 3.05) is 12.8 Å². The van der Waals surface area contributed by atoms with E-state index in [1.807, 2.05) is 66.7 Å². The van der Waals surface area contributed by atoms with Gasteiger partial charge in [0.25, 0.3) is 0 Å². The van der Waals surface area contributed by atoms with E-state index in [0.717, 1.165) is 44.7 Å². The number of anilines is 1. The van der Waals surface area contributed by atoms with Crippen molar-refractivity contribution < 1.29 is 4.74 Å². The standard InChI is InChI=1S/C22H17ClN2O/c1-26-16-9-6-14(7-10-16)22-13-18(17-4-2-3-5-20(17)24)19-12-15(23)8-11-21(19)25-22/h2-13H,24H2,1H3. The van der Waals surface area contributed by atoms with E-state index in [1.165, 1.54) is 0 Å². The van der Waals surface area contributed by atoms with Gasteiger partial charge in [-0.25, -0.2) is 4.98 Å². The normalized spacial score (nSPS) is 10.8. The van der Waals surface area contributed by atoms with Crippen LogP contribution in [0.5, 0.6) is 5.75 Å². The van der Waals surface area contributed by atoms with E-state index >= 15 is 0 Å². The zero-order chi connectivity index (χ0) is 18.1. The van der Waals surface area contributed by atoms with Crippen molar-refractivity contribution in [2.45, 2.75) is 0 Å². The summed E-state index contributed by atoms with van der Waals surface area (Å²) in [7, 11) is 1.66. The van der Waals surface area contributed by atoms with Gasteiger partial charge in [0.05, 0.1) is 18.3 Å². The van der Waals surface area contributed by atoms with Crippen LogP contribution in [0.25, 0.3) is 33.3 Å². The third kappa shape index (κ3) is 2.98. The van der Waals surface area contributed by atoms with Gasteiger partial charge in [-0.2, -0.15) is 0 Å². The predicted octanol–water partition coefficient (Wildman–Crippen LogP) is 5.81. The summed E-state index contributed by atoms with van der Waals surface area (Å²) in [6.45, 7) is 0. The highest BCUT2D eigenvalue weighted by Gasteiger charge is 2.12. The molecule has 0 unspecified atom stereocenters. The molecule has 4 heteroatoms. The molecule has 4 aromatic rings. The van der Waals surface area contributed by atoms with Crippen molar-refractivity contribution in [1.82, 2.24) is 4.98 Å². The topological polar surface area (TPSA) is 48.1 Å². The molecule has 0 amide bonds. The van der Waals surface area contributed by atoms with Gasteiger partial charge < -0.3 is 10.5 Å². The van der Waals surface area contributed by atoms with Crippen LogP contribution in [0.4, 0.5) is 5.69 Å². The maximum Gasteiger partial charge on any atom is 0.118 e. The SMILES string of the molecule is COc1ccc(-c2cc(-c3ccccc3N)c3cc(Cl)ccc3n2)cc1. The van der Waals surface area contributed by atoms with E-state index < -0.39 is 0 Å². The van der Waals surface area contributed by atoms with Gasteiger partial charge in [-0.3, -0.25) is 0 Å². The quantitative estimate of drug-likeness (QED) is 0.469. The summed E-state index contributed by atoms with van der Waals surface area (Å²) in [6.07, 6.45) is 0. The number of hydrogen-bond donors (Lipinski definition) is 1. The maximum absolute atomic E-state index is 6.24. The number of aromatic nitrogens is 1. The molecular weight excluding hydrogens is 344 g/mol. The fraction of sp³-hybridized carbons (Fsp3) is 0.0455. The van der Waals surface area contributed by atoms with Crippen molar-refractivity contribution in [3.8, 4) is 28.1 Å². The molecule has 0 atom stereocenters. The highest BCUT2D eigenvalue weighted by molar-refractivity contribution is 6.31. The number of nitrogens with zero attached hydrogens (tertiary/aromatic N) is 1. The highest BCUT2D eigenvalue weighted by Crippen LogP contribution is 2.36. The van der Waals surface area contributed by atoms with Gasteiger partial charge in [0.2, 0.25) is 0 Å². The second-order valence-electron chi connectivity index (χ2n) is 6.03. The number of pyridine rings is 1. The Labute approximate surface area is 157 Å². The molecular formula is C22H17ClN2O. The van der Waals surface area contributed by atoms with E-state index in [0.29, 0.717) is 5.02 Å². The first-order chi connectivity index (χ1) is 12.7. The number of para-hydroxylation sites is 1. The minimum atomic E-state index is 0.673. The summed E-state index contributed by atoms with van der Waals surface area (Å²) in [5.74, 6) is 0.814. The Morgan fingerprint density at radius 2 is 1.65 bits per heavy atom. The smallest absolute Gasteiger partial charge is 0.118 e. The molecule has 0 bridgehead atoms. The Bertz CT molecular complexity index is 1090. The van der Waals surface area contributed by atoms with Crippen LogP contribution in [0.15, 0.2) is 72.8 Å². The molecule has 26 heavy (non-hydrogen) atoms. The third-order valence-corrected chi connectivity index (χ3v) is 4.64. The number of halogens is 1. The molecule has 0 aliphatic carbocycles. The lowest BCUT2D eigenvalue weighted by Gasteiger charge is -2.13. The van der Waals surface area contributed by atoms with Crippen LogP contribution in [0.1, 0.15) is 0 Å². The second kappa shape index (κ2) is 6.70. The number of benzene rings is 3. The Kier molecular flexibility index (Phi) is 4.23. The average Bonchev–Trinajstić information content (AvgIpc) is 2.68. The summed E-state index contributed by atoms with van der Waals surface area (Å²) in [6, 6.07) is 23.5. The van der Waals surface area contributed by atoms with Crippen molar-refractivity contribution in [3.63, 3.8) is 0 Å². The van der Waals surface area contributed by atoms with Crippen LogP contribution in [0.3, 0.4) is 0 Å². The number of rotatable bonds is 3. The molecule has 0 saturated carbocycles. The van der Waals surface area contributed by atoms with Crippen molar-refractivity contribution >= 4 is 28.2 Å². The Morgan fingerprint density at radius 3 is 2.38 bits per heavy atom. The van der Waals surface area contributed by atoms with Gasteiger partial charge in [-0.15, -0.1) is 0 Å². The molecule has 0 aliphatic heterocycles. The third-order valence-electron chi connectivity index (χ3n) is 4.41. The van der Waals surface area contributed by atoms with E-state index in [-0.39, 0.29) is 0 Å². The van der Waals surface area contributed by atoms with Gasteiger partial charge >= 0.3 is 0 Å². The van der Waals surface area contributed by atoms with E-state index in [2.05, 4.69) is 6.07 Å². The molecule has 4 rings (SSSR count). The number of nitrogen functional groups attached to an aromatic ring is 1. The Hall–Kier alpha value is -3.04. The van der Waals surface area contributed by atoms with E-state index in [4.69, 9.17) is 27.1 Å². The zero-order valence-corrected chi connectivity index (χ0v) is 15.0. The minimum Gasteiger partial charge on any atom is -0.497 e. The highest BCUT2D eigenvalue weighted by atomic mass is 35.5. The van der Waals surface area contributed by atoms with Gasteiger partial charge in [0, 0.05) is 27.2 Å². The molecule has 128 valence electrons. The molecule has 3 nitrogen and oxygen atoms in total. The number of fused-ring (bicyclic) bond motifs is 1. The molecule has 0 aliphatic rings.